The van der Waals surface area contributed by atoms with Gasteiger partial charge in [-0.1, -0.05) is 6.92 Å². The van der Waals surface area contributed by atoms with Crippen LogP contribution in [0.4, 0.5) is 8.78 Å². The molecule has 21 heavy (non-hydrogen) atoms. The average Bonchev–Trinajstić information content (AvgIpc) is 2.41. The van der Waals surface area contributed by atoms with Crippen LogP contribution in [0.2, 0.25) is 0 Å². The molecule has 0 heterocycles. The first-order valence-electron chi connectivity index (χ1n) is 6.76. The van der Waals surface area contributed by atoms with Crippen molar-refractivity contribution < 1.29 is 18.4 Å². The minimum atomic E-state index is -0.753. The average molecular weight is 298 g/mol. The van der Waals surface area contributed by atoms with Crippen molar-refractivity contribution >= 4 is 11.7 Å². The number of likely N-dealkylation sites (N-methyl/N-ethyl adjacent to an activating group) is 1. The molecule has 0 N–H and O–H groups in total. The molecule has 0 unspecified atom stereocenters. The smallest absolute Gasteiger partial charge is 0.236 e. The number of ketones is 1. The molecular weight excluding hydrogens is 278 g/mol. The van der Waals surface area contributed by atoms with Gasteiger partial charge in [-0.05, 0) is 31.2 Å². The number of carbonyl (C=O) groups is 2. The topological polar surface area (TPSA) is 40.6 Å². The number of Topliss-reactive ketones (excluding diaryl/α,β-unsaturated/α-hetero) is 1. The highest BCUT2D eigenvalue weighted by Gasteiger charge is 2.19. The first kappa shape index (κ1) is 17.2. The Morgan fingerprint density at radius 3 is 2.38 bits per heavy atom. The van der Waals surface area contributed by atoms with E-state index in [0.717, 1.165) is 24.6 Å². The van der Waals surface area contributed by atoms with Gasteiger partial charge in [0.05, 0.1) is 18.7 Å². The molecule has 6 heteroatoms. The first-order valence-corrected chi connectivity index (χ1v) is 6.76. The second kappa shape index (κ2) is 7.83. The van der Waals surface area contributed by atoms with Gasteiger partial charge in [-0.3, -0.25) is 14.5 Å². The Balaban J connectivity index is 2.80. The lowest BCUT2D eigenvalue weighted by Crippen LogP contribution is -2.39. The van der Waals surface area contributed by atoms with Crippen molar-refractivity contribution in [1.29, 1.82) is 0 Å². The number of rotatable bonds is 7. The van der Waals surface area contributed by atoms with Crippen LogP contribution >= 0.6 is 0 Å². The molecule has 0 spiro atoms. The van der Waals surface area contributed by atoms with Gasteiger partial charge in [0.1, 0.15) is 11.6 Å². The predicted molar refractivity (Wildman–Crippen MR) is 76.1 cm³/mol. The van der Waals surface area contributed by atoms with Crippen molar-refractivity contribution in [3.8, 4) is 0 Å². The van der Waals surface area contributed by atoms with E-state index in [1.54, 1.807) is 19.0 Å². The van der Waals surface area contributed by atoms with E-state index < -0.39 is 17.4 Å². The van der Waals surface area contributed by atoms with Crippen LogP contribution < -0.4 is 0 Å². The highest BCUT2D eigenvalue weighted by Crippen LogP contribution is 2.11. The molecule has 4 nitrogen and oxygen atoms in total. The van der Waals surface area contributed by atoms with Gasteiger partial charge < -0.3 is 4.90 Å². The van der Waals surface area contributed by atoms with Gasteiger partial charge in [-0.25, -0.2) is 8.78 Å². The minimum absolute atomic E-state index is 0.0729. The summed E-state index contributed by atoms with van der Waals surface area (Å²) in [6.45, 7) is 2.40. The van der Waals surface area contributed by atoms with Gasteiger partial charge in [0.2, 0.25) is 5.91 Å². The van der Waals surface area contributed by atoms with Crippen molar-refractivity contribution in [1.82, 2.24) is 9.80 Å². The molecule has 0 radical (unpaired) electrons. The summed E-state index contributed by atoms with van der Waals surface area (Å²) in [6, 6.07) is 2.78. The molecule has 0 saturated heterocycles. The maximum atomic E-state index is 13.6. The lowest BCUT2D eigenvalue weighted by atomic mass is 10.1. The molecule has 0 fully saturated rings. The summed E-state index contributed by atoms with van der Waals surface area (Å²) in [4.78, 5) is 26.8. The Labute approximate surface area is 123 Å². The normalized spacial score (nSPS) is 10.8. The summed E-state index contributed by atoms with van der Waals surface area (Å²) in [5.41, 5.74) is -0.284. The molecule has 0 atom stereocenters. The zero-order valence-corrected chi connectivity index (χ0v) is 12.5. The van der Waals surface area contributed by atoms with Crippen LogP contribution in [-0.2, 0) is 4.79 Å². The number of nitrogens with zero attached hydrogens (tertiary/aromatic N) is 2. The molecular formula is C15H20F2N2O2. The van der Waals surface area contributed by atoms with Gasteiger partial charge in [0.15, 0.2) is 5.78 Å². The van der Waals surface area contributed by atoms with Gasteiger partial charge in [0.25, 0.3) is 0 Å². The van der Waals surface area contributed by atoms with E-state index in [0.29, 0.717) is 6.54 Å². The molecule has 1 aromatic rings. The first-order chi connectivity index (χ1) is 9.85. The summed E-state index contributed by atoms with van der Waals surface area (Å²) in [5.74, 6) is -2.09. The van der Waals surface area contributed by atoms with E-state index >= 15 is 0 Å². The minimum Gasteiger partial charge on any atom is -0.348 e. The molecule has 116 valence electrons. The fourth-order valence-corrected chi connectivity index (χ4v) is 1.86. The zero-order valence-electron chi connectivity index (χ0n) is 12.5. The van der Waals surface area contributed by atoms with Crippen molar-refractivity contribution in [2.45, 2.75) is 13.3 Å². The van der Waals surface area contributed by atoms with Gasteiger partial charge in [-0.15, -0.1) is 0 Å². The molecule has 1 amide bonds. The lowest BCUT2D eigenvalue weighted by Gasteiger charge is -2.22. The van der Waals surface area contributed by atoms with Crippen LogP contribution in [0.1, 0.15) is 23.7 Å². The fraction of sp³-hybridized carbons (Fsp3) is 0.467. The Hall–Kier alpha value is -1.82. The van der Waals surface area contributed by atoms with Crippen molar-refractivity contribution in [3.63, 3.8) is 0 Å². The van der Waals surface area contributed by atoms with E-state index in [4.69, 9.17) is 0 Å². The second-order valence-corrected chi connectivity index (χ2v) is 5.05. The van der Waals surface area contributed by atoms with Gasteiger partial charge in [0, 0.05) is 14.1 Å². The Morgan fingerprint density at radius 2 is 1.81 bits per heavy atom. The summed E-state index contributed by atoms with van der Waals surface area (Å²) in [5, 5.41) is 0. The molecule has 0 bridgehead atoms. The summed E-state index contributed by atoms with van der Waals surface area (Å²) >= 11 is 0. The van der Waals surface area contributed by atoms with E-state index in [9.17, 15) is 18.4 Å². The second-order valence-electron chi connectivity index (χ2n) is 5.05. The molecule has 1 aromatic carbocycles. The quantitative estimate of drug-likeness (QED) is 0.722. The Bertz CT molecular complexity index is 518. The van der Waals surface area contributed by atoms with Crippen LogP contribution in [0, 0.1) is 11.6 Å². The van der Waals surface area contributed by atoms with E-state index in [2.05, 4.69) is 0 Å². The summed E-state index contributed by atoms with van der Waals surface area (Å²) in [6.07, 6.45) is 0.750. The van der Waals surface area contributed by atoms with E-state index in [1.807, 2.05) is 6.92 Å². The van der Waals surface area contributed by atoms with Crippen LogP contribution in [0.25, 0.3) is 0 Å². The number of hydrogen-bond acceptors (Lipinski definition) is 3. The van der Waals surface area contributed by atoms with Gasteiger partial charge in [-0.2, -0.15) is 0 Å². The number of halogens is 2. The molecule has 0 saturated carbocycles. The molecule has 0 aliphatic heterocycles. The van der Waals surface area contributed by atoms with E-state index in [-0.39, 0.29) is 24.6 Å². The third-order valence-electron chi connectivity index (χ3n) is 2.99. The summed E-state index contributed by atoms with van der Waals surface area (Å²) in [7, 11) is 3.25. The zero-order chi connectivity index (χ0) is 16.0. The number of benzene rings is 1. The maximum absolute atomic E-state index is 13.6. The third-order valence-corrected chi connectivity index (χ3v) is 2.99. The lowest BCUT2D eigenvalue weighted by molar-refractivity contribution is -0.129. The standard InChI is InChI=1S/C15H20F2N2O2/c1-4-7-19(10-15(21)18(2)3)9-14(20)12-8-11(16)5-6-13(12)17/h5-6,8H,4,7,9-10H2,1-3H3. The SMILES string of the molecule is CCCN(CC(=O)c1cc(F)ccc1F)CC(=O)N(C)C. The van der Waals surface area contributed by atoms with Crippen molar-refractivity contribution in [3.05, 3.63) is 35.4 Å². The van der Waals surface area contributed by atoms with Crippen molar-refractivity contribution in [2.75, 3.05) is 33.7 Å². The van der Waals surface area contributed by atoms with Crippen LogP contribution in [0.15, 0.2) is 18.2 Å². The third kappa shape index (κ3) is 5.23. The fourth-order valence-electron chi connectivity index (χ4n) is 1.86. The molecule has 0 aliphatic rings. The largest absolute Gasteiger partial charge is 0.348 e. The highest BCUT2D eigenvalue weighted by molar-refractivity contribution is 5.98. The predicted octanol–water partition coefficient (Wildman–Crippen LogP) is 1.95. The number of hydrogen-bond donors (Lipinski definition) is 0. The Morgan fingerprint density at radius 1 is 1.14 bits per heavy atom. The van der Waals surface area contributed by atoms with E-state index in [1.165, 1.54) is 4.90 Å². The Kier molecular flexibility index (Phi) is 6.42. The summed E-state index contributed by atoms with van der Waals surface area (Å²) < 4.78 is 26.7. The van der Waals surface area contributed by atoms with Crippen LogP contribution in [0.5, 0.6) is 0 Å². The number of carbonyl (C=O) groups excluding carboxylic acids is 2. The van der Waals surface area contributed by atoms with Gasteiger partial charge >= 0.3 is 0 Å². The highest BCUT2D eigenvalue weighted by atomic mass is 19.1. The van der Waals surface area contributed by atoms with Crippen LogP contribution in [0.3, 0.4) is 0 Å². The number of amides is 1. The molecule has 0 aliphatic carbocycles. The van der Waals surface area contributed by atoms with Crippen LogP contribution in [-0.4, -0.2) is 55.2 Å². The molecule has 1 rings (SSSR count). The monoisotopic (exact) mass is 298 g/mol. The maximum Gasteiger partial charge on any atom is 0.236 e. The van der Waals surface area contributed by atoms with Crippen molar-refractivity contribution in [2.24, 2.45) is 0 Å². The molecule has 0 aromatic heterocycles.